The zero-order valence-electron chi connectivity index (χ0n) is 12.6. The average molecular weight is 369 g/mol. The Balaban J connectivity index is 1.78. The van der Waals surface area contributed by atoms with Gasteiger partial charge < -0.3 is 5.73 Å². The molecule has 0 bridgehead atoms. The van der Waals surface area contributed by atoms with Crippen molar-refractivity contribution in [3.8, 4) is 33.0 Å². The Morgan fingerprint density at radius 1 is 0.833 bits per heavy atom. The van der Waals surface area contributed by atoms with Crippen molar-refractivity contribution in [3.05, 3.63) is 70.4 Å². The molecule has 5 heteroatoms. The van der Waals surface area contributed by atoms with E-state index in [9.17, 15) is 0 Å². The number of nitrogen functional groups attached to an aromatic ring is 1. The molecule has 2 aromatic carbocycles. The molecule has 24 heavy (non-hydrogen) atoms. The van der Waals surface area contributed by atoms with Crippen molar-refractivity contribution in [1.82, 2.24) is 4.98 Å². The predicted octanol–water partition coefficient (Wildman–Crippen LogP) is 6.44. The summed E-state index contributed by atoms with van der Waals surface area (Å²) in [5.74, 6) is 0. The number of halogens is 1. The number of nitrogens with zero attached hydrogens (tertiary/aromatic N) is 1. The Kier molecular flexibility index (Phi) is 4.10. The number of nitrogens with two attached hydrogens (primary N) is 1. The van der Waals surface area contributed by atoms with Crippen molar-refractivity contribution in [2.45, 2.75) is 0 Å². The van der Waals surface area contributed by atoms with Gasteiger partial charge in [0.05, 0.1) is 16.3 Å². The van der Waals surface area contributed by atoms with Crippen molar-refractivity contribution in [1.29, 1.82) is 0 Å². The lowest BCUT2D eigenvalue weighted by atomic mass is 10.0. The first kappa shape index (κ1) is 15.4. The molecule has 118 valence electrons. The number of hydrogen-bond donors (Lipinski definition) is 1. The second-order valence-electron chi connectivity index (χ2n) is 5.30. The van der Waals surface area contributed by atoms with Crippen LogP contribution in [0.4, 0.5) is 5.00 Å². The lowest BCUT2D eigenvalue weighted by molar-refractivity contribution is 1.41. The van der Waals surface area contributed by atoms with Gasteiger partial charge in [-0.05, 0) is 17.7 Å². The minimum Gasteiger partial charge on any atom is -0.390 e. The van der Waals surface area contributed by atoms with E-state index in [1.807, 2.05) is 42.5 Å². The molecule has 0 aliphatic heterocycles. The van der Waals surface area contributed by atoms with Crippen molar-refractivity contribution >= 4 is 39.3 Å². The number of thiophene rings is 1. The van der Waals surface area contributed by atoms with Crippen molar-refractivity contribution in [2.75, 3.05) is 5.73 Å². The minimum atomic E-state index is 0.725. The molecule has 0 fully saturated rings. The van der Waals surface area contributed by atoms with Crippen LogP contribution in [-0.4, -0.2) is 4.98 Å². The molecular weight excluding hydrogens is 356 g/mol. The van der Waals surface area contributed by atoms with Crippen LogP contribution in [0, 0.1) is 0 Å². The highest BCUT2D eigenvalue weighted by Gasteiger charge is 2.17. The fraction of sp³-hybridized carbons (Fsp3) is 0. The van der Waals surface area contributed by atoms with Crippen LogP contribution < -0.4 is 5.73 Å². The maximum absolute atomic E-state index is 6.25. The van der Waals surface area contributed by atoms with Gasteiger partial charge in [0.1, 0.15) is 5.01 Å². The van der Waals surface area contributed by atoms with Gasteiger partial charge in [-0.15, -0.1) is 22.7 Å². The molecular formula is C19H13ClN2S2. The van der Waals surface area contributed by atoms with Gasteiger partial charge in [-0.3, -0.25) is 0 Å². The zero-order valence-corrected chi connectivity index (χ0v) is 15.0. The molecule has 2 nitrogen and oxygen atoms in total. The minimum absolute atomic E-state index is 0.725. The maximum atomic E-state index is 6.25. The number of rotatable bonds is 3. The van der Waals surface area contributed by atoms with E-state index in [1.54, 1.807) is 22.7 Å². The van der Waals surface area contributed by atoms with Crippen LogP contribution in [0.1, 0.15) is 0 Å². The summed E-state index contributed by atoms with van der Waals surface area (Å²) >= 11 is 9.13. The van der Waals surface area contributed by atoms with Gasteiger partial charge in [-0.2, -0.15) is 0 Å². The topological polar surface area (TPSA) is 38.9 Å². The van der Waals surface area contributed by atoms with Gasteiger partial charge in [-0.1, -0.05) is 54.1 Å². The Morgan fingerprint density at radius 3 is 2.33 bits per heavy atom. The Labute approximate surface area is 153 Å². The quantitative estimate of drug-likeness (QED) is 0.451. The van der Waals surface area contributed by atoms with Crippen LogP contribution in [0.25, 0.3) is 33.0 Å². The highest BCUT2D eigenvalue weighted by atomic mass is 35.5. The van der Waals surface area contributed by atoms with E-state index in [2.05, 4.69) is 22.9 Å². The summed E-state index contributed by atoms with van der Waals surface area (Å²) in [6.07, 6.45) is 0. The van der Waals surface area contributed by atoms with E-state index in [-0.39, 0.29) is 0 Å². The molecule has 4 rings (SSSR count). The number of anilines is 1. The summed E-state index contributed by atoms with van der Waals surface area (Å²) in [6.45, 7) is 0. The molecule has 0 atom stereocenters. The summed E-state index contributed by atoms with van der Waals surface area (Å²) in [4.78, 5) is 4.80. The Morgan fingerprint density at radius 2 is 1.58 bits per heavy atom. The summed E-state index contributed by atoms with van der Waals surface area (Å²) in [5.41, 5.74) is 11.6. The van der Waals surface area contributed by atoms with Crippen molar-refractivity contribution < 1.29 is 0 Å². The predicted molar refractivity (Wildman–Crippen MR) is 106 cm³/mol. The van der Waals surface area contributed by atoms with Gasteiger partial charge in [-0.25, -0.2) is 4.98 Å². The number of hydrogen-bond acceptors (Lipinski definition) is 4. The van der Waals surface area contributed by atoms with Crippen LogP contribution in [0.3, 0.4) is 0 Å². The lowest BCUT2D eigenvalue weighted by Gasteiger charge is -2.03. The molecule has 0 aliphatic carbocycles. The third kappa shape index (κ3) is 2.84. The number of thiazole rings is 1. The number of aromatic nitrogens is 1. The van der Waals surface area contributed by atoms with Crippen LogP contribution in [-0.2, 0) is 0 Å². The first-order chi connectivity index (χ1) is 11.7. The first-order valence-corrected chi connectivity index (χ1v) is 9.50. The second-order valence-corrected chi connectivity index (χ2v) is 7.51. The third-order valence-electron chi connectivity index (χ3n) is 3.76. The lowest BCUT2D eigenvalue weighted by Crippen LogP contribution is -1.86. The molecule has 0 amide bonds. The average Bonchev–Trinajstić information content (AvgIpc) is 3.23. The molecule has 2 N–H and O–H groups in total. The summed E-state index contributed by atoms with van der Waals surface area (Å²) < 4.78 is 0. The summed E-state index contributed by atoms with van der Waals surface area (Å²) in [5, 5.41) is 6.62. The van der Waals surface area contributed by atoms with Gasteiger partial charge in [0.2, 0.25) is 0 Å². The van der Waals surface area contributed by atoms with Crippen LogP contribution >= 0.6 is 34.3 Å². The van der Waals surface area contributed by atoms with Crippen LogP contribution in [0.5, 0.6) is 0 Å². The number of benzene rings is 2. The summed E-state index contributed by atoms with van der Waals surface area (Å²) in [6, 6.07) is 18.0. The molecule has 0 unspecified atom stereocenters. The molecule has 2 heterocycles. The SMILES string of the molecule is Nc1scc(-c2ccccc2)c1-c1nc(-c2ccc(Cl)cc2)cs1. The van der Waals surface area contributed by atoms with E-state index in [1.165, 1.54) is 0 Å². The highest BCUT2D eigenvalue weighted by molar-refractivity contribution is 7.17. The van der Waals surface area contributed by atoms with Gasteiger partial charge in [0.15, 0.2) is 0 Å². The molecule has 0 spiro atoms. The molecule has 4 aromatic rings. The molecule has 0 saturated carbocycles. The fourth-order valence-electron chi connectivity index (χ4n) is 2.57. The summed E-state index contributed by atoms with van der Waals surface area (Å²) in [7, 11) is 0. The normalized spacial score (nSPS) is 10.9. The van der Waals surface area contributed by atoms with E-state index in [4.69, 9.17) is 22.3 Å². The highest BCUT2D eigenvalue weighted by Crippen LogP contribution is 2.43. The molecule has 0 radical (unpaired) electrons. The molecule has 0 aliphatic rings. The van der Waals surface area contributed by atoms with E-state index >= 15 is 0 Å². The van der Waals surface area contributed by atoms with Crippen molar-refractivity contribution in [2.24, 2.45) is 0 Å². The molecule has 0 saturated heterocycles. The second kappa shape index (κ2) is 6.40. The largest absolute Gasteiger partial charge is 0.390 e. The Hall–Kier alpha value is -2.14. The van der Waals surface area contributed by atoms with Gasteiger partial charge in [0, 0.05) is 26.9 Å². The van der Waals surface area contributed by atoms with Gasteiger partial charge >= 0.3 is 0 Å². The smallest absolute Gasteiger partial charge is 0.127 e. The first-order valence-electron chi connectivity index (χ1n) is 7.36. The zero-order chi connectivity index (χ0) is 16.5. The van der Waals surface area contributed by atoms with Crippen LogP contribution in [0.2, 0.25) is 5.02 Å². The maximum Gasteiger partial charge on any atom is 0.127 e. The van der Waals surface area contributed by atoms with Crippen LogP contribution in [0.15, 0.2) is 65.4 Å². The van der Waals surface area contributed by atoms with Gasteiger partial charge in [0.25, 0.3) is 0 Å². The monoisotopic (exact) mass is 368 g/mol. The standard InChI is InChI=1S/C19H13ClN2S2/c20-14-8-6-13(7-9-14)16-11-24-19(22-16)17-15(10-23-18(17)21)12-4-2-1-3-5-12/h1-11H,21H2. The van der Waals surface area contributed by atoms with E-state index in [0.717, 1.165) is 43.0 Å². The van der Waals surface area contributed by atoms with Crippen molar-refractivity contribution in [3.63, 3.8) is 0 Å². The fourth-order valence-corrected chi connectivity index (χ4v) is 4.48. The Bertz CT molecular complexity index is 972. The third-order valence-corrected chi connectivity index (χ3v) is 5.69. The van der Waals surface area contributed by atoms with E-state index in [0.29, 0.717) is 0 Å². The molecule has 2 aromatic heterocycles. The van der Waals surface area contributed by atoms with E-state index < -0.39 is 0 Å².